The van der Waals surface area contributed by atoms with Gasteiger partial charge in [-0.05, 0) is 47.5 Å². The van der Waals surface area contributed by atoms with E-state index in [1.807, 2.05) is 35.0 Å². The van der Waals surface area contributed by atoms with Gasteiger partial charge in [0.05, 0.1) is 13.2 Å². The van der Waals surface area contributed by atoms with Gasteiger partial charge in [-0.15, -0.1) is 0 Å². The molecular weight excluding hydrogens is 345 g/mol. The molecule has 138 valence electrons. The Morgan fingerprint density at radius 2 is 1.93 bits per heavy atom. The molecule has 0 bridgehead atoms. The lowest BCUT2D eigenvalue weighted by atomic mass is 10.1. The molecule has 6 heteroatoms. The van der Waals surface area contributed by atoms with E-state index in [2.05, 4.69) is 4.98 Å². The zero-order valence-electron chi connectivity index (χ0n) is 14.8. The van der Waals surface area contributed by atoms with Gasteiger partial charge in [-0.25, -0.2) is 4.39 Å². The van der Waals surface area contributed by atoms with Crippen LogP contribution in [0.5, 0.6) is 0 Å². The van der Waals surface area contributed by atoms with Gasteiger partial charge < -0.3 is 14.2 Å². The Morgan fingerprint density at radius 1 is 1.15 bits per heavy atom. The number of carbonyl (C=O) groups excluding carboxylic acids is 1. The topological polar surface area (TPSA) is 47.4 Å². The summed E-state index contributed by atoms with van der Waals surface area (Å²) in [6.45, 7) is 2.06. The number of carbonyl (C=O) groups is 1. The third kappa shape index (κ3) is 3.90. The average Bonchev–Trinajstić information content (AvgIpc) is 3.17. The normalized spacial score (nSPS) is 17.1. The molecule has 1 unspecified atom stereocenters. The van der Waals surface area contributed by atoms with Gasteiger partial charge in [0.2, 0.25) is 0 Å². The van der Waals surface area contributed by atoms with Crippen LogP contribution in [-0.2, 0) is 11.3 Å². The molecule has 1 aromatic carbocycles. The lowest BCUT2D eigenvalue weighted by Crippen LogP contribution is -2.42. The SMILES string of the molecule is O=C(c1cccn1Cc1ccncc1)N1CCOC(c2ccc(F)cc2)C1. The molecule has 2 aromatic heterocycles. The Bertz CT molecular complexity index is 909. The van der Waals surface area contributed by atoms with Crippen molar-refractivity contribution < 1.29 is 13.9 Å². The number of ether oxygens (including phenoxy) is 1. The minimum Gasteiger partial charge on any atom is -0.370 e. The van der Waals surface area contributed by atoms with E-state index >= 15 is 0 Å². The Kier molecular flexibility index (Phi) is 4.98. The van der Waals surface area contributed by atoms with Gasteiger partial charge in [-0.3, -0.25) is 9.78 Å². The van der Waals surface area contributed by atoms with Crippen LogP contribution in [0.1, 0.15) is 27.7 Å². The van der Waals surface area contributed by atoms with Crippen LogP contribution >= 0.6 is 0 Å². The first-order valence-electron chi connectivity index (χ1n) is 8.91. The molecular formula is C21H20FN3O2. The van der Waals surface area contributed by atoms with Gasteiger partial charge in [0.15, 0.2) is 0 Å². The summed E-state index contributed by atoms with van der Waals surface area (Å²) in [4.78, 5) is 18.9. The molecule has 0 radical (unpaired) electrons. The molecule has 0 spiro atoms. The maximum Gasteiger partial charge on any atom is 0.270 e. The van der Waals surface area contributed by atoms with Crippen molar-refractivity contribution in [3.63, 3.8) is 0 Å². The van der Waals surface area contributed by atoms with Gasteiger partial charge >= 0.3 is 0 Å². The summed E-state index contributed by atoms with van der Waals surface area (Å²) in [7, 11) is 0. The molecule has 0 saturated carbocycles. The number of aromatic nitrogens is 2. The number of pyridine rings is 1. The molecule has 1 atom stereocenters. The van der Waals surface area contributed by atoms with Crippen molar-refractivity contribution in [1.82, 2.24) is 14.5 Å². The fourth-order valence-corrected chi connectivity index (χ4v) is 3.31. The molecule has 1 amide bonds. The number of rotatable bonds is 4. The van der Waals surface area contributed by atoms with Crippen LogP contribution in [0.15, 0.2) is 67.1 Å². The predicted octanol–water partition coefficient (Wildman–Crippen LogP) is 3.28. The third-order valence-electron chi connectivity index (χ3n) is 4.75. The van der Waals surface area contributed by atoms with Gasteiger partial charge in [0, 0.05) is 31.7 Å². The Balaban J connectivity index is 1.49. The molecule has 1 aliphatic rings. The number of nitrogens with zero attached hydrogens (tertiary/aromatic N) is 3. The van der Waals surface area contributed by atoms with Crippen molar-refractivity contribution in [2.45, 2.75) is 12.6 Å². The maximum atomic E-state index is 13.2. The Labute approximate surface area is 157 Å². The molecule has 3 heterocycles. The Morgan fingerprint density at radius 3 is 2.70 bits per heavy atom. The van der Waals surface area contributed by atoms with Crippen LogP contribution in [-0.4, -0.2) is 40.1 Å². The van der Waals surface area contributed by atoms with E-state index in [0.29, 0.717) is 31.9 Å². The zero-order valence-corrected chi connectivity index (χ0v) is 14.8. The second-order valence-electron chi connectivity index (χ2n) is 6.54. The largest absolute Gasteiger partial charge is 0.370 e. The van der Waals surface area contributed by atoms with Gasteiger partial charge in [0.25, 0.3) is 5.91 Å². The quantitative estimate of drug-likeness (QED) is 0.713. The highest BCUT2D eigenvalue weighted by Crippen LogP contribution is 2.24. The molecule has 3 aromatic rings. The minimum atomic E-state index is -0.281. The van der Waals surface area contributed by atoms with E-state index in [1.165, 1.54) is 12.1 Å². The highest BCUT2D eigenvalue weighted by atomic mass is 19.1. The van der Waals surface area contributed by atoms with Crippen molar-refractivity contribution in [2.24, 2.45) is 0 Å². The van der Waals surface area contributed by atoms with Crippen LogP contribution in [0.25, 0.3) is 0 Å². The number of halogens is 1. The molecule has 4 rings (SSSR count). The number of amides is 1. The van der Waals surface area contributed by atoms with Gasteiger partial charge in [-0.2, -0.15) is 0 Å². The van der Waals surface area contributed by atoms with E-state index < -0.39 is 0 Å². The number of hydrogen-bond acceptors (Lipinski definition) is 3. The van der Waals surface area contributed by atoms with Crippen LogP contribution < -0.4 is 0 Å². The minimum absolute atomic E-state index is 0.0236. The standard InChI is InChI=1S/C21H20FN3O2/c22-18-5-3-17(4-6-18)20-15-25(12-13-27-20)21(26)19-2-1-11-24(19)14-16-7-9-23-10-8-16/h1-11,20H,12-15H2. The summed E-state index contributed by atoms with van der Waals surface area (Å²) in [5.41, 5.74) is 2.61. The van der Waals surface area contributed by atoms with Crippen molar-refractivity contribution in [3.05, 3.63) is 89.8 Å². The maximum absolute atomic E-state index is 13.2. The summed E-state index contributed by atoms with van der Waals surface area (Å²) >= 11 is 0. The smallest absolute Gasteiger partial charge is 0.270 e. The average molecular weight is 365 g/mol. The van der Waals surface area contributed by atoms with Crippen molar-refractivity contribution >= 4 is 5.91 Å². The second kappa shape index (κ2) is 7.72. The molecule has 0 N–H and O–H groups in total. The fourth-order valence-electron chi connectivity index (χ4n) is 3.31. The molecule has 5 nitrogen and oxygen atoms in total. The van der Waals surface area contributed by atoms with E-state index in [-0.39, 0.29) is 17.8 Å². The van der Waals surface area contributed by atoms with Gasteiger partial charge in [0.1, 0.15) is 17.6 Å². The van der Waals surface area contributed by atoms with E-state index in [9.17, 15) is 9.18 Å². The lowest BCUT2D eigenvalue weighted by Gasteiger charge is -2.33. The third-order valence-corrected chi connectivity index (χ3v) is 4.75. The predicted molar refractivity (Wildman–Crippen MR) is 98.8 cm³/mol. The molecule has 27 heavy (non-hydrogen) atoms. The number of benzene rings is 1. The van der Waals surface area contributed by atoms with Crippen molar-refractivity contribution in [2.75, 3.05) is 19.7 Å². The molecule has 1 aliphatic heterocycles. The number of morpholine rings is 1. The van der Waals surface area contributed by atoms with E-state index in [1.54, 1.807) is 29.4 Å². The zero-order chi connectivity index (χ0) is 18.6. The summed E-state index contributed by atoms with van der Waals surface area (Å²) < 4.78 is 20.9. The lowest BCUT2D eigenvalue weighted by molar-refractivity contribution is -0.0231. The van der Waals surface area contributed by atoms with E-state index in [0.717, 1.165) is 11.1 Å². The highest BCUT2D eigenvalue weighted by molar-refractivity contribution is 5.93. The first-order valence-corrected chi connectivity index (χ1v) is 8.91. The first kappa shape index (κ1) is 17.4. The number of hydrogen-bond donors (Lipinski definition) is 0. The summed E-state index contributed by atoms with van der Waals surface area (Å²) in [5.74, 6) is -0.305. The second-order valence-corrected chi connectivity index (χ2v) is 6.54. The molecule has 1 saturated heterocycles. The Hall–Kier alpha value is -2.99. The summed E-state index contributed by atoms with van der Waals surface area (Å²) in [6.07, 6.45) is 5.16. The van der Waals surface area contributed by atoms with Crippen LogP contribution in [0.2, 0.25) is 0 Å². The fraction of sp³-hybridized carbons (Fsp3) is 0.238. The van der Waals surface area contributed by atoms with Crippen molar-refractivity contribution in [3.8, 4) is 0 Å². The summed E-state index contributed by atoms with van der Waals surface area (Å²) in [6, 6.07) is 13.8. The molecule has 1 fully saturated rings. The monoisotopic (exact) mass is 365 g/mol. The first-order chi connectivity index (χ1) is 13.2. The van der Waals surface area contributed by atoms with E-state index in [4.69, 9.17) is 4.74 Å². The van der Waals surface area contributed by atoms with Crippen LogP contribution in [0.4, 0.5) is 4.39 Å². The molecule has 0 aliphatic carbocycles. The highest BCUT2D eigenvalue weighted by Gasteiger charge is 2.27. The van der Waals surface area contributed by atoms with Crippen LogP contribution in [0, 0.1) is 5.82 Å². The van der Waals surface area contributed by atoms with Gasteiger partial charge in [-0.1, -0.05) is 12.1 Å². The summed E-state index contributed by atoms with van der Waals surface area (Å²) in [5, 5.41) is 0. The van der Waals surface area contributed by atoms with Crippen LogP contribution in [0.3, 0.4) is 0 Å². The van der Waals surface area contributed by atoms with Crippen molar-refractivity contribution in [1.29, 1.82) is 0 Å².